The third-order valence-electron chi connectivity index (χ3n) is 4.98. The quantitative estimate of drug-likeness (QED) is 0.450. The van der Waals surface area contributed by atoms with Crippen molar-refractivity contribution >= 4 is 45.1 Å². The molecule has 1 aromatic carbocycles. The lowest BCUT2D eigenvalue weighted by Crippen LogP contribution is -2.47. The minimum absolute atomic E-state index is 0.0771. The Bertz CT molecular complexity index is 1040. The number of carbonyl (C=O) groups is 2. The van der Waals surface area contributed by atoms with Gasteiger partial charge in [-0.2, -0.15) is 0 Å². The predicted octanol–water partition coefficient (Wildman–Crippen LogP) is 2.43. The van der Waals surface area contributed by atoms with Crippen LogP contribution in [-0.2, 0) is 10.0 Å². The molecule has 0 unspecified atom stereocenters. The average molecular weight is 481 g/mol. The summed E-state index contributed by atoms with van der Waals surface area (Å²) >= 11 is 5.77. The van der Waals surface area contributed by atoms with Crippen LogP contribution in [0, 0.1) is 0 Å². The number of pyridine rings is 1. The molecule has 0 radical (unpaired) electrons. The molecule has 3 rings (SSSR count). The monoisotopic (exact) mass is 480 g/mol. The maximum Gasteiger partial charge on any atom is 0.319 e. The molecule has 172 valence electrons. The number of halogens is 1. The number of benzene rings is 1. The molecule has 10 nitrogen and oxygen atoms in total. The molecule has 1 saturated heterocycles. The molecule has 1 aliphatic rings. The van der Waals surface area contributed by atoms with Crippen molar-refractivity contribution in [2.75, 3.05) is 29.6 Å². The first kappa shape index (κ1) is 23.8. The second-order valence-electron chi connectivity index (χ2n) is 7.19. The van der Waals surface area contributed by atoms with Crippen LogP contribution in [0.15, 0.2) is 42.6 Å². The summed E-state index contributed by atoms with van der Waals surface area (Å²) in [5.41, 5.74) is 6.13. The number of carbonyl (C=O) groups excluding carboxylic acids is 2. The van der Waals surface area contributed by atoms with E-state index in [0.29, 0.717) is 48.0 Å². The normalized spacial score (nSPS) is 15.1. The Hall–Kier alpha value is -2.89. The van der Waals surface area contributed by atoms with Crippen molar-refractivity contribution in [2.45, 2.75) is 25.8 Å². The Morgan fingerprint density at radius 2 is 1.81 bits per heavy atom. The summed E-state index contributed by atoms with van der Waals surface area (Å²) in [6, 6.07) is 9.18. The fraction of sp³-hybridized carbons (Fsp3) is 0.350. The average Bonchev–Trinajstić information content (AvgIpc) is 2.79. The first-order valence-corrected chi connectivity index (χ1v) is 12.1. The van der Waals surface area contributed by atoms with Gasteiger partial charge >= 0.3 is 6.03 Å². The van der Waals surface area contributed by atoms with Crippen molar-refractivity contribution in [3.8, 4) is 0 Å². The Morgan fingerprint density at radius 3 is 2.41 bits per heavy atom. The van der Waals surface area contributed by atoms with Crippen LogP contribution in [0.1, 0.15) is 30.1 Å². The minimum Gasteiger partial charge on any atom is -0.335 e. The summed E-state index contributed by atoms with van der Waals surface area (Å²) < 4.78 is 25.3. The Kier molecular flexibility index (Phi) is 7.89. The number of aromatic nitrogens is 1. The molecule has 0 saturated carbocycles. The van der Waals surface area contributed by atoms with E-state index in [1.807, 2.05) is 0 Å². The van der Waals surface area contributed by atoms with E-state index in [2.05, 4.69) is 26.5 Å². The maximum atomic E-state index is 12.3. The van der Waals surface area contributed by atoms with Crippen LogP contribution >= 0.6 is 11.6 Å². The number of nitrogens with zero attached hydrogens (tertiary/aromatic N) is 2. The van der Waals surface area contributed by atoms with Crippen molar-refractivity contribution in [1.82, 2.24) is 20.0 Å². The molecule has 4 N–H and O–H groups in total. The standard InChI is InChI=1S/C20H25ClN6O4S/c1-2-32(30,31)27-11-9-17(10-12-27)24-20(29)23-16-6-3-14(4-7-16)19(28)26-25-18-8-5-15(21)13-22-18/h3-8,13,17H,2,9-12H2,1H3,(H,22,25)(H,26,28)(H2,23,24,29). The molecule has 1 fully saturated rings. The lowest BCUT2D eigenvalue weighted by atomic mass is 10.1. The Balaban J connectivity index is 1.44. The van der Waals surface area contributed by atoms with E-state index >= 15 is 0 Å². The van der Waals surface area contributed by atoms with Gasteiger partial charge in [-0.3, -0.25) is 15.6 Å². The lowest BCUT2D eigenvalue weighted by Gasteiger charge is -2.31. The van der Waals surface area contributed by atoms with E-state index < -0.39 is 10.0 Å². The third-order valence-corrected chi connectivity index (χ3v) is 7.09. The second-order valence-corrected chi connectivity index (χ2v) is 9.88. The van der Waals surface area contributed by atoms with Gasteiger partial charge in [0.1, 0.15) is 5.82 Å². The van der Waals surface area contributed by atoms with Gasteiger partial charge in [0.05, 0.1) is 10.8 Å². The molecular formula is C20H25ClN6O4S. The first-order valence-electron chi connectivity index (χ1n) is 10.1. The van der Waals surface area contributed by atoms with Gasteiger partial charge < -0.3 is 10.6 Å². The molecule has 3 amide bonds. The summed E-state index contributed by atoms with van der Waals surface area (Å²) in [6.07, 6.45) is 2.57. The van der Waals surface area contributed by atoms with Gasteiger partial charge in [-0.1, -0.05) is 11.6 Å². The highest BCUT2D eigenvalue weighted by Crippen LogP contribution is 2.15. The number of anilines is 2. The smallest absolute Gasteiger partial charge is 0.319 e. The van der Waals surface area contributed by atoms with Crippen molar-refractivity contribution in [1.29, 1.82) is 0 Å². The summed E-state index contributed by atoms with van der Waals surface area (Å²) in [6.45, 7) is 2.41. The maximum absolute atomic E-state index is 12.3. The molecule has 2 aromatic rings. The molecule has 0 spiro atoms. The van der Waals surface area contributed by atoms with Crippen LogP contribution in [0.25, 0.3) is 0 Å². The zero-order chi connectivity index (χ0) is 23.1. The van der Waals surface area contributed by atoms with E-state index in [-0.39, 0.29) is 23.7 Å². The number of nitrogens with one attached hydrogen (secondary N) is 4. The molecule has 1 aromatic heterocycles. The van der Waals surface area contributed by atoms with Crippen LogP contribution in [0.2, 0.25) is 5.02 Å². The van der Waals surface area contributed by atoms with Crippen molar-refractivity contribution in [2.24, 2.45) is 0 Å². The largest absolute Gasteiger partial charge is 0.335 e. The lowest BCUT2D eigenvalue weighted by molar-refractivity contribution is 0.0962. The molecular weight excluding hydrogens is 456 g/mol. The number of hydrogen-bond acceptors (Lipinski definition) is 6. The highest BCUT2D eigenvalue weighted by Gasteiger charge is 2.27. The van der Waals surface area contributed by atoms with Gasteiger partial charge in [-0.25, -0.2) is 22.5 Å². The van der Waals surface area contributed by atoms with E-state index in [9.17, 15) is 18.0 Å². The number of piperidine rings is 1. The predicted molar refractivity (Wildman–Crippen MR) is 123 cm³/mol. The number of rotatable bonds is 7. The number of urea groups is 1. The molecule has 0 bridgehead atoms. The van der Waals surface area contributed by atoms with Crippen molar-refractivity contribution in [3.63, 3.8) is 0 Å². The van der Waals surface area contributed by atoms with Crippen molar-refractivity contribution < 1.29 is 18.0 Å². The van der Waals surface area contributed by atoms with E-state index in [4.69, 9.17) is 11.6 Å². The van der Waals surface area contributed by atoms with Gasteiger partial charge in [0.25, 0.3) is 5.91 Å². The van der Waals surface area contributed by atoms with Crippen LogP contribution in [0.3, 0.4) is 0 Å². The summed E-state index contributed by atoms with van der Waals surface area (Å²) in [4.78, 5) is 28.5. The molecule has 32 heavy (non-hydrogen) atoms. The Labute approximate surface area is 191 Å². The van der Waals surface area contributed by atoms with Gasteiger partial charge in [0.2, 0.25) is 10.0 Å². The van der Waals surface area contributed by atoms with Crippen molar-refractivity contribution in [3.05, 3.63) is 53.2 Å². The number of hydrazine groups is 1. The molecule has 0 atom stereocenters. The van der Waals surface area contributed by atoms with Crippen LogP contribution in [-0.4, -0.2) is 54.5 Å². The molecule has 0 aliphatic carbocycles. The van der Waals surface area contributed by atoms with Gasteiger partial charge in [0.15, 0.2) is 0 Å². The van der Waals surface area contributed by atoms with E-state index in [1.54, 1.807) is 43.3 Å². The van der Waals surface area contributed by atoms with Gasteiger partial charge in [-0.15, -0.1) is 0 Å². The van der Waals surface area contributed by atoms with Gasteiger partial charge in [0, 0.05) is 36.6 Å². The highest BCUT2D eigenvalue weighted by molar-refractivity contribution is 7.89. The number of sulfonamides is 1. The fourth-order valence-electron chi connectivity index (χ4n) is 3.16. The van der Waals surface area contributed by atoms with Crippen LogP contribution in [0.5, 0.6) is 0 Å². The molecule has 12 heteroatoms. The summed E-state index contributed by atoms with van der Waals surface area (Å²) in [5.74, 6) is 0.149. The Morgan fingerprint density at radius 1 is 1.12 bits per heavy atom. The topological polar surface area (TPSA) is 133 Å². The van der Waals surface area contributed by atoms with E-state index in [1.165, 1.54) is 10.5 Å². The highest BCUT2D eigenvalue weighted by atomic mass is 35.5. The zero-order valence-electron chi connectivity index (χ0n) is 17.5. The third kappa shape index (κ3) is 6.55. The first-order chi connectivity index (χ1) is 15.3. The second kappa shape index (κ2) is 10.6. The van der Waals surface area contributed by atoms with E-state index in [0.717, 1.165) is 0 Å². The molecule has 1 aliphatic heterocycles. The number of amides is 3. The van der Waals surface area contributed by atoms with Gasteiger partial charge in [-0.05, 0) is 56.2 Å². The minimum atomic E-state index is -3.20. The zero-order valence-corrected chi connectivity index (χ0v) is 19.0. The SMILES string of the molecule is CCS(=O)(=O)N1CCC(NC(=O)Nc2ccc(C(=O)NNc3ccc(Cl)cn3)cc2)CC1. The summed E-state index contributed by atoms with van der Waals surface area (Å²) in [5, 5.41) is 6.07. The molecule has 2 heterocycles. The number of hydrogen-bond donors (Lipinski definition) is 4. The summed E-state index contributed by atoms with van der Waals surface area (Å²) in [7, 11) is -3.20. The van der Waals surface area contributed by atoms with Crippen LogP contribution in [0.4, 0.5) is 16.3 Å². The fourth-order valence-corrected chi connectivity index (χ4v) is 4.41. The van der Waals surface area contributed by atoms with Crippen LogP contribution < -0.4 is 21.5 Å².